The number of piperazine rings is 1. The quantitative estimate of drug-likeness (QED) is 0.821. The Balaban J connectivity index is 1.70. The van der Waals surface area contributed by atoms with Crippen LogP contribution in [0.2, 0.25) is 0 Å². The Hall–Kier alpha value is -1.31. The molecule has 2 aliphatic rings. The van der Waals surface area contributed by atoms with E-state index in [1.54, 1.807) is 0 Å². The molecule has 4 heterocycles. The topological polar surface area (TPSA) is 50.1 Å². The molecule has 0 aliphatic carbocycles. The minimum absolute atomic E-state index is 0.0798. The number of hydrogen-bond acceptors (Lipinski definition) is 6. The maximum Gasteiger partial charge on any atom is 0.174 e. The van der Waals surface area contributed by atoms with Gasteiger partial charge in [-0.1, -0.05) is 13.0 Å². The van der Waals surface area contributed by atoms with Crippen molar-refractivity contribution in [2.24, 2.45) is 0 Å². The highest BCUT2D eigenvalue weighted by molar-refractivity contribution is 7.10. The number of tetrazole rings is 1. The molecule has 0 unspecified atom stereocenters. The van der Waals surface area contributed by atoms with Gasteiger partial charge in [-0.3, -0.25) is 9.80 Å². The molecule has 0 spiro atoms. The van der Waals surface area contributed by atoms with E-state index >= 15 is 0 Å². The first-order chi connectivity index (χ1) is 12.1. The highest BCUT2D eigenvalue weighted by Gasteiger charge is 2.38. The monoisotopic (exact) mass is 360 g/mol. The summed E-state index contributed by atoms with van der Waals surface area (Å²) in [6, 6.07) is 5.22. The molecule has 4 rings (SSSR count). The van der Waals surface area contributed by atoms with Crippen molar-refractivity contribution in [2.75, 3.05) is 26.2 Å². The smallest absolute Gasteiger partial charge is 0.174 e. The molecule has 2 atom stereocenters. The van der Waals surface area contributed by atoms with Crippen molar-refractivity contribution < 1.29 is 0 Å². The Kier molecular flexibility index (Phi) is 4.64. The fraction of sp³-hybridized carbons (Fsp3) is 0.722. The molecule has 0 saturated carbocycles. The van der Waals surface area contributed by atoms with Gasteiger partial charge in [-0.05, 0) is 61.5 Å². The second-order valence-corrected chi connectivity index (χ2v) is 8.84. The van der Waals surface area contributed by atoms with E-state index in [2.05, 4.69) is 68.3 Å². The number of thiophene rings is 1. The molecule has 6 nitrogen and oxygen atoms in total. The van der Waals surface area contributed by atoms with Gasteiger partial charge in [0, 0.05) is 30.6 Å². The summed E-state index contributed by atoms with van der Waals surface area (Å²) >= 11 is 1.81. The van der Waals surface area contributed by atoms with Crippen LogP contribution in [0.1, 0.15) is 56.8 Å². The molecule has 2 aliphatic heterocycles. The maximum atomic E-state index is 4.50. The molecule has 0 N–H and O–H groups in total. The van der Waals surface area contributed by atoms with Crippen LogP contribution in [0, 0.1) is 0 Å². The van der Waals surface area contributed by atoms with Gasteiger partial charge in [-0.15, -0.1) is 16.4 Å². The molecule has 2 fully saturated rings. The van der Waals surface area contributed by atoms with E-state index in [-0.39, 0.29) is 11.6 Å². The van der Waals surface area contributed by atoms with Crippen LogP contribution in [0.4, 0.5) is 0 Å². The van der Waals surface area contributed by atoms with Crippen LogP contribution < -0.4 is 0 Å². The van der Waals surface area contributed by atoms with E-state index in [0.29, 0.717) is 6.04 Å². The van der Waals surface area contributed by atoms with Crippen LogP contribution in [0.3, 0.4) is 0 Å². The normalized spacial score (nSPS) is 23.7. The van der Waals surface area contributed by atoms with Crippen molar-refractivity contribution >= 4 is 11.3 Å². The number of nitrogens with zero attached hydrogens (tertiary/aromatic N) is 6. The SMILES string of the molecule is CCC(C)(C)n1nnnc1[C@@H](c1cccs1)N1CCN2CCC[C@@H]2C1. The summed E-state index contributed by atoms with van der Waals surface area (Å²) in [5.74, 6) is 0.987. The van der Waals surface area contributed by atoms with Crippen molar-refractivity contribution in [1.82, 2.24) is 30.0 Å². The minimum Gasteiger partial charge on any atom is -0.298 e. The first-order valence-electron chi connectivity index (χ1n) is 9.40. The van der Waals surface area contributed by atoms with Gasteiger partial charge in [0.2, 0.25) is 0 Å². The summed E-state index contributed by atoms with van der Waals surface area (Å²) in [5.41, 5.74) is -0.0798. The zero-order valence-electron chi connectivity index (χ0n) is 15.4. The van der Waals surface area contributed by atoms with Crippen LogP contribution in [0.5, 0.6) is 0 Å². The predicted octanol–water partition coefficient (Wildman–Crippen LogP) is 2.75. The zero-order chi connectivity index (χ0) is 17.4. The van der Waals surface area contributed by atoms with Gasteiger partial charge in [0.15, 0.2) is 5.82 Å². The van der Waals surface area contributed by atoms with E-state index in [0.717, 1.165) is 31.9 Å². The number of fused-ring (bicyclic) bond motifs is 1. The van der Waals surface area contributed by atoms with Gasteiger partial charge in [-0.25, -0.2) is 4.68 Å². The summed E-state index contributed by atoms with van der Waals surface area (Å²) in [5, 5.41) is 15.1. The molecule has 2 saturated heterocycles. The average molecular weight is 361 g/mol. The molecule has 2 aromatic heterocycles. The van der Waals surface area contributed by atoms with Gasteiger partial charge in [-0.2, -0.15) is 0 Å². The van der Waals surface area contributed by atoms with Crippen LogP contribution in [0.25, 0.3) is 0 Å². The third kappa shape index (κ3) is 3.13. The highest BCUT2D eigenvalue weighted by Crippen LogP contribution is 2.35. The molecule has 136 valence electrons. The predicted molar refractivity (Wildman–Crippen MR) is 99.8 cm³/mol. The van der Waals surface area contributed by atoms with E-state index in [1.807, 2.05) is 11.3 Å². The van der Waals surface area contributed by atoms with Crippen LogP contribution in [-0.4, -0.2) is 62.2 Å². The Morgan fingerprint density at radius 3 is 2.96 bits per heavy atom. The molecule has 25 heavy (non-hydrogen) atoms. The summed E-state index contributed by atoms with van der Waals surface area (Å²) < 4.78 is 2.05. The van der Waals surface area contributed by atoms with Crippen molar-refractivity contribution in [3.63, 3.8) is 0 Å². The van der Waals surface area contributed by atoms with Crippen molar-refractivity contribution in [3.8, 4) is 0 Å². The van der Waals surface area contributed by atoms with E-state index in [9.17, 15) is 0 Å². The first kappa shape index (κ1) is 17.1. The molecular formula is C18H28N6S. The summed E-state index contributed by atoms with van der Waals surface area (Å²) in [4.78, 5) is 6.60. The first-order valence-corrected chi connectivity index (χ1v) is 10.3. The zero-order valence-corrected chi connectivity index (χ0v) is 16.2. The van der Waals surface area contributed by atoms with Crippen LogP contribution >= 0.6 is 11.3 Å². The van der Waals surface area contributed by atoms with Gasteiger partial charge in [0.25, 0.3) is 0 Å². The van der Waals surface area contributed by atoms with Gasteiger partial charge < -0.3 is 0 Å². The summed E-state index contributed by atoms with van der Waals surface area (Å²) in [6.45, 7) is 11.2. The highest BCUT2D eigenvalue weighted by atomic mass is 32.1. The lowest BCUT2D eigenvalue weighted by atomic mass is 10.0. The van der Waals surface area contributed by atoms with Crippen LogP contribution in [-0.2, 0) is 5.54 Å². The van der Waals surface area contributed by atoms with Crippen LogP contribution in [0.15, 0.2) is 17.5 Å². The molecule has 0 amide bonds. The van der Waals surface area contributed by atoms with Gasteiger partial charge in [0.05, 0.1) is 5.54 Å². The third-order valence-electron chi connectivity index (χ3n) is 5.97. The average Bonchev–Trinajstić information content (AvgIpc) is 3.36. The second-order valence-electron chi connectivity index (χ2n) is 7.86. The Bertz CT molecular complexity index is 694. The lowest BCUT2D eigenvalue weighted by molar-refractivity contribution is 0.0781. The standard InChI is InChI=1S/C18H28N6S/c1-4-18(2,3)24-17(19-20-21-24)16(15-8-6-12-25-15)23-11-10-22-9-5-7-14(22)13-23/h6,8,12,14,16H,4-5,7,9-11,13H2,1-3H3/t14-,16-/m1/s1. The van der Waals surface area contributed by atoms with E-state index in [1.165, 1.54) is 24.3 Å². The van der Waals surface area contributed by atoms with Crippen molar-refractivity contribution in [1.29, 1.82) is 0 Å². The fourth-order valence-corrected chi connectivity index (χ4v) is 4.97. The lowest BCUT2D eigenvalue weighted by Crippen LogP contribution is -2.51. The number of rotatable bonds is 5. The number of hydrogen-bond donors (Lipinski definition) is 0. The van der Waals surface area contributed by atoms with Crippen molar-refractivity contribution in [3.05, 3.63) is 28.2 Å². The Morgan fingerprint density at radius 1 is 1.32 bits per heavy atom. The number of aromatic nitrogens is 4. The molecule has 0 bridgehead atoms. The third-order valence-corrected chi connectivity index (χ3v) is 6.90. The largest absolute Gasteiger partial charge is 0.298 e. The molecule has 0 aromatic carbocycles. The van der Waals surface area contributed by atoms with Crippen molar-refractivity contribution in [2.45, 2.75) is 57.7 Å². The lowest BCUT2D eigenvalue weighted by Gasteiger charge is -2.41. The summed E-state index contributed by atoms with van der Waals surface area (Å²) in [6.07, 6.45) is 3.65. The minimum atomic E-state index is -0.0798. The second kappa shape index (κ2) is 6.78. The fourth-order valence-electron chi connectivity index (χ4n) is 4.11. The van der Waals surface area contributed by atoms with E-state index < -0.39 is 0 Å². The Morgan fingerprint density at radius 2 is 2.20 bits per heavy atom. The van der Waals surface area contributed by atoms with Gasteiger partial charge >= 0.3 is 0 Å². The maximum absolute atomic E-state index is 4.50. The molecule has 2 aromatic rings. The molecule has 7 heteroatoms. The Labute approximate surface area is 153 Å². The molecule has 0 radical (unpaired) electrons. The molecular weight excluding hydrogens is 332 g/mol. The summed E-state index contributed by atoms with van der Waals surface area (Å²) in [7, 11) is 0. The van der Waals surface area contributed by atoms with Gasteiger partial charge in [0.1, 0.15) is 6.04 Å². The van der Waals surface area contributed by atoms with E-state index in [4.69, 9.17) is 0 Å².